The van der Waals surface area contributed by atoms with E-state index in [1.54, 1.807) is 18.2 Å². The van der Waals surface area contributed by atoms with Gasteiger partial charge in [0.2, 0.25) is 0 Å². The van der Waals surface area contributed by atoms with E-state index in [1.807, 2.05) is 13.8 Å². The van der Waals surface area contributed by atoms with Crippen molar-refractivity contribution in [3.05, 3.63) is 23.8 Å². The van der Waals surface area contributed by atoms with Crippen molar-refractivity contribution in [2.45, 2.75) is 13.8 Å². The van der Waals surface area contributed by atoms with Crippen LogP contribution in [0.1, 0.15) is 19.4 Å². The molecule has 7 heteroatoms. The van der Waals surface area contributed by atoms with Gasteiger partial charge in [-0.15, -0.1) is 0 Å². The number of carbonyl (C=O) groups is 2. The molecule has 21 heavy (non-hydrogen) atoms. The number of nitrogens with zero attached hydrogens (tertiary/aromatic N) is 1. The lowest BCUT2D eigenvalue weighted by molar-refractivity contribution is -0.139. The number of phenolic OH excluding ortho intramolecular Hbond substituents is 1. The first kappa shape index (κ1) is 16.5. The van der Waals surface area contributed by atoms with Gasteiger partial charge in [0.25, 0.3) is 0 Å². The molecular formula is C14H19N3O4. The number of rotatable bonds is 5. The molecule has 0 fully saturated rings. The van der Waals surface area contributed by atoms with Crippen LogP contribution in [-0.2, 0) is 9.59 Å². The molecule has 0 atom stereocenters. The lowest BCUT2D eigenvalue weighted by atomic mass is 10.2. The van der Waals surface area contributed by atoms with E-state index in [1.165, 1.54) is 13.3 Å². The van der Waals surface area contributed by atoms with Crippen molar-refractivity contribution >= 4 is 18.0 Å². The largest absolute Gasteiger partial charge is 0.504 e. The van der Waals surface area contributed by atoms with Gasteiger partial charge in [-0.2, -0.15) is 5.10 Å². The summed E-state index contributed by atoms with van der Waals surface area (Å²) < 4.78 is 4.94. The topological polar surface area (TPSA) is 100 Å². The van der Waals surface area contributed by atoms with Crippen LogP contribution < -0.4 is 15.5 Å². The first-order valence-corrected chi connectivity index (χ1v) is 6.43. The molecule has 7 nitrogen and oxygen atoms in total. The molecule has 3 N–H and O–H groups in total. The maximum atomic E-state index is 11.4. The smallest absolute Gasteiger partial charge is 0.329 e. The third-order valence-electron chi connectivity index (χ3n) is 2.50. The summed E-state index contributed by atoms with van der Waals surface area (Å²) in [6.07, 6.45) is 1.23. The lowest BCUT2D eigenvalue weighted by Crippen LogP contribution is -2.39. The van der Waals surface area contributed by atoms with Gasteiger partial charge in [-0.05, 0) is 18.1 Å². The average Bonchev–Trinajstić information content (AvgIpc) is 2.46. The molecule has 1 rings (SSSR count). The predicted octanol–water partition coefficient (Wildman–Crippen LogP) is 0.623. The Labute approximate surface area is 123 Å². The molecule has 0 heterocycles. The van der Waals surface area contributed by atoms with Crippen molar-refractivity contribution in [3.63, 3.8) is 0 Å². The highest BCUT2D eigenvalue weighted by molar-refractivity contribution is 6.35. The van der Waals surface area contributed by atoms with Crippen LogP contribution in [0.25, 0.3) is 0 Å². The maximum absolute atomic E-state index is 11.4. The molecule has 0 radical (unpaired) electrons. The van der Waals surface area contributed by atoms with E-state index in [0.29, 0.717) is 17.9 Å². The number of aromatic hydroxyl groups is 1. The van der Waals surface area contributed by atoms with Gasteiger partial charge in [0.1, 0.15) is 0 Å². The molecule has 0 saturated carbocycles. The van der Waals surface area contributed by atoms with Gasteiger partial charge in [0.15, 0.2) is 11.5 Å². The number of carbonyl (C=O) groups excluding carboxylic acids is 2. The number of hydrogen-bond donors (Lipinski definition) is 3. The second-order valence-electron chi connectivity index (χ2n) is 4.70. The summed E-state index contributed by atoms with van der Waals surface area (Å²) in [6, 6.07) is 4.84. The summed E-state index contributed by atoms with van der Waals surface area (Å²) in [5.74, 6) is -1.17. The number of ether oxygens (including phenoxy) is 1. The molecule has 0 aliphatic heterocycles. The van der Waals surface area contributed by atoms with Gasteiger partial charge in [0, 0.05) is 12.1 Å². The van der Waals surface area contributed by atoms with E-state index in [9.17, 15) is 14.7 Å². The van der Waals surface area contributed by atoms with E-state index < -0.39 is 11.8 Å². The standard InChI is InChI=1S/C14H19N3O4/c1-9(2)7-15-13(19)14(20)17-16-8-10-5-4-6-11(21-3)12(10)18/h4-6,8-9,18H,7H2,1-3H3,(H,15,19)(H,17,20)/b16-8-. The fraction of sp³-hybridized carbons (Fsp3) is 0.357. The summed E-state index contributed by atoms with van der Waals surface area (Å²) in [6.45, 7) is 4.25. The van der Waals surface area contributed by atoms with Gasteiger partial charge in [-0.1, -0.05) is 19.9 Å². The first-order valence-electron chi connectivity index (χ1n) is 6.43. The van der Waals surface area contributed by atoms with Crippen molar-refractivity contribution in [3.8, 4) is 11.5 Å². The number of hydrazone groups is 1. The monoisotopic (exact) mass is 293 g/mol. The SMILES string of the molecule is COc1cccc(/C=N\NC(=O)C(=O)NCC(C)C)c1O. The molecule has 114 valence electrons. The van der Waals surface area contributed by atoms with E-state index in [0.717, 1.165) is 0 Å². The molecule has 2 amide bonds. The molecular weight excluding hydrogens is 274 g/mol. The zero-order valence-electron chi connectivity index (χ0n) is 12.2. The Morgan fingerprint density at radius 1 is 1.38 bits per heavy atom. The fourth-order valence-corrected chi connectivity index (χ4v) is 1.40. The average molecular weight is 293 g/mol. The number of para-hydroxylation sites is 1. The first-order chi connectivity index (χ1) is 9.95. The summed E-state index contributed by atoms with van der Waals surface area (Å²) in [5, 5.41) is 15.9. The molecule has 0 bridgehead atoms. The highest BCUT2D eigenvalue weighted by atomic mass is 16.5. The maximum Gasteiger partial charge on any atom is 0.329 e. The van der Waals surface area contributed by atoms with Crippen LogP contribution in [0.3, 0.4) is 0 Å². The van der Waals surface area contributed by atoms with Crippen molar-refractivity contribution in [2.75, 3.05) is 13.7 Å². The zero-order valence-corrected chi connectivity index (χ0v) is 12.2. The molecule has 0 unspecified atom stereocenters. The Kier molecular flexibility index (Phi) is 6.19. The van der Waals surface area contributed by atoms with Crippen LogP contribution in [0.15, 0.2) is 23.3 Å². The van der Waals surface area contributed by atoms with Crippen molar-refractivity contribution in [1.82, 2.24) is 10.7 Å². The minimum atomic E-state index is -0.866. The van der Waals surface area contributed by atoms with E-state index in [4.69, 9.17) is 4.74 Å². The van der Waals surface area contributed by atoms with Gasteiger partial charge in [-0.25, -0.2) is 5.43 Å². The lowest BCUT2D eigenvalue weighted by Gasteiger charge is -2.06. The van der Waals surface area contributed by atoms with Crippen LogP contribution in [0.2, 0.25) is 0 Å². The minimum absolute atomic E-state index is 0.0951. The van der Waals surface area contributed by atoms with Gasteiger partial charge in [-0.3, -0.25) is 9.59 Å². The normalized spacial score (nSPS) is 10.7. The quantitative estimate of drug-likeness (QED) is 0.421. The molecule has 0 aliphatic carbocycles. The second kappa shape index (κ2) is 7.88. The Balaban J connectivity index is 2.58. The van der Waals surface area contributed by atoms with Crippen molar-refractivity contribution < 1.29 is 19.4 Å². The number of amides is 2. The van der Waals surface area contributed by atoms with Crippen LogP contribution in [0, 0.1) is 5.92 Å². The Morgan fingerprint density at radius 3 is 2.71 bits per heavy atom. The highest BCUT2D eigenvalue weighted by Gasteiger charge is 2.12. The Morgan fingerprint density at radius 2 is 2.10 bits per heavy atom. The number of nitrogens with one attached hydrogen (secondary N) is 2. The summed E-state index contributed by atoms with van der Waals surface area (Å²) >= 11 is 0. The van der Waals surface area contributed by atoms with Crippen LogP contribution >= 0.6 is 0 Å². The van der Waals surface area contributed by atoms with Crippen LogP contribution in [0.5, 0.6) is 11.5 Å². The Hall–Kier alpha value is -2.57. The van der Waals surface area contributed by atoms with Crippen molar-refractivity contribution in [2.24, 2.45) is 11.0 Å². The third-order valence-corrected chi connectivity index (χ3v) is 2.50. The molecule has 1 aromatic carbocycles. The van der Waals surface area contributed by atoms with Crippen molar-refractivity contribution in [1.29, 1.82) is 0 Å². The molecule has 0 saturated heterocycles. The summed E-state index contributed by atoms with van der Waals surface area (Å²) in [5.41, 5.74) is 2.44. The molecule has 0 spiro atoms. The van der Waals surface area contributed by atoms with Gasteiger partial charge in [0.05, 0.1) is 13.3 Å². The second-order valence-corrected chi connectivity index (χ2v) is 4.70. The predicted molar refractivity (Wildman–Crippen MR) is 78.2 cm³/mol. The molecule has 0 aromatic heterocycles. The van der Waals surface area contributed by atoms with Crippen LogP contribution in [0.4, 0.5) is 0 Å². The molecule has 0 aliphatic rings. The summed E-state index contributed by atoms with van der Waals surface area (Å²) in [4.78, 5) is 22.8. The van der Waals surface area contributed by atoms with E-state index in [-0.39, 0.29) is 11.7 Å². The van der Waals surface area contributed by atoms with E-state index in [2.05, 4.69) is 15.8 Å². The minimum Gasteiger partial charge on any atom is -0.504 e. The third kappa shape index (κ3) is 5.13. The van der Waals surface area contributed by atoms with Crippen LogP contribution in [-0.4, -0.2) is 36.8 Å². The number of hydrogen-bond acceptors (Lipinski definition) is 5. The number of benzene rings is 1. The Bertz CT molecular complexity index is 541. The van der Waals surface area contributed by atoms with Gasteiger partial charge >= 0.3 is 11.8 Å². The number of phenols is 1. The molecule has 1 aromatic rings. The fourth-order valence-electron chi connectivity index (χ4n) is 1.40. The highest BCUT2D eigenvalue weighted by Crippen LogP contribution is 2.27. The zero-order chi connectivity index (χ0) is 15.8. The number of methoxy groups -OCH3 is 1. The van der Waals surface area contributed by atoms with Gasteiger partial charge < -0.3 is 15.2 Å². The summed E-state index contributed by atoms with van der Waals surface area (Å²) in [7, 11) is 1.43. The van der Waals surface area contributed by atoms with E-state index >= 15 is 0 Å².